The van der Waals surface area contributed by atoms with Crippen LogP contribution < -0.4 is 16.0 Å². The van der Waals surface area contributed by atoms with E-state index in [1.165, 1.54) is 16.0 Å². The number of carbonyl (C=O) groups is 2. The van der Waals surface area contributed by atoms with Gasteiger partial charge >= 0.3 is 0 Å². The van der Waals surface area contributed by atoms with E-state index in [1.54, 1.807) is 11.3 Å². The van der Waals surface area contributed by atoms with Crippen LogP contribution in [0.3, 0.4) is 0 Å². The summed E-state index contributed by atoms with van der Waals surface area (Å²) in [5.74, 6) is 0.239. The van der Waals surface area contributed by atoms with Crippen LogP contribution in [0.1, 0.15) is 55.2 Å². The molecule has 146 valence electrons. The van der Waals surface area contributed by atoms with Crippen molar-refractivity contribution < 1.29 is 14.9 Å². The van der Waals surface area contributed by atoms with Gasteiger partial charge in [-0.1, -0.05) is 44.2 Å². The molecule has 1 heterocycles. The van der Waals surface area contributed by atoms with E-state index in [0.717, 1.165) is 6.42 Å². The quantitative estimate of drug-likeness (QED) is 0.583. The van der Waals surface area contributed by atoms with Crippen LogP contribution in [-0.4, -0.2) is 31.4 Å². The molecule has 2 amide bonds. The van der Waals surface area contributed by atoms with E-state index >= 15 is 0 Å². The molecule has 4 N–H and O–H groups in total. The number of nitrogens with one attached hydrogen (secondary N) is 2. The molecule has 0 spiro atoms. The maximum Gasteiger partial charge on any atom is 0.275 e. The number of carbonyl (C=O) groups excluding carboxylic acids is 2. The molecule has 0 fully saturated rings. The van der Waals surface area contributed by atoms with Gasteiger partial charge in [-0.25, -0.2) is 0 Å². The number of hydrogen-bond acceptors (Lipinski definition) is 3. The fraction of sp³-hybridized carbons (Fsp3) is 0.429. The predicted octanol–water partition coefficient (Wildman–Crippen LogP) is 2.17. The lowest BCUT2D eigenvalue weighted by molar-refractivity contribution is -0.676. The standard InChI is InChI=1S/C21H29N3O2S/c1-4-15(3)16-8-10-17(11-9-16)21(18-7-6-12-27-18)24-14-20(26)23-13-19(25)22-5-2/h6-12,15,21,24H,4-5,13-14H2,1-3H3,(H,22,25)(H,23,26)/p+1/t15-,21-/m0/s1. The van der Waals surface area contributed by atoms with Gasteiger partial charge in [0, 0.05) is 12.1 Å². The lowest BCUT2D eigenvalue weighted by atomic mass is 9.95. The second kappa shape index (κ2) is 10.8. The topological polar surface area (TPSA) is 74.8 Å². The van der Waals surface area contributed by atoms with Crippen molar-refractivity contribution in [2.45, 2.75) is 39.2 Å². The first-order valence-corrected chi connectivity index (χ1v) is 10.4. The zero-order chi connectivity index (χ0) is 19.6. The van der Waals surface area contributed by atoms with Gasteiger partial charge in [-0.15, -0.1) is 11.3 Å². The lowest BCUT2D eigenvalue weighted by Crippen LogP contribution is -2.87. The molecule has 2 rings (SSSR count). The van der Waals surface area contributed by atoms with Gasteiger partial charge in [0.1, 0.15) is 6.04 Å². The van der Waals surface area contributed by atoms with Crippen LogP contribution in [0.25, 0.3) is 0 Å². The van der Waals surface area contributed by atoms with Crippen molar-refractivity contribution in [3.63, 3.8) is 0 Å². The van der Waals surface area contributed by atoms with E-state index in [-0.39, 0.29) is 30.9 Å². The molecule has 0 aliphatic rings. The third kappa shape index (κ3) is 6.48. The molecule has 0 radical (unpaired) electrons. The van der Waals surface area contributed by atoms with E-state index in [9.17, 15) is 9.59 Å². The van der Waals surface area contributed by atoms with Gasteiger partial charge in [0.25, 0.3) is 5.91 Å². The Kier molecular flexibility index (Phi) is 8.48. The zero-order valence-electron chi connectivity index (χ0n) is 16.3. The van der Waals surface area contributed by atoms with Gasteiger partial charge in [-0.05, 0) is 36.3 Å². The minimum Gasteiger partial charge on any atom is -0.355 e. The Bertz CT molecular complexity index is 714. The molecule has 0 bridgehead atoms. The Morgan fingerprint density at radius 3 is 2.33 bits per heavy atom. The van der Waals surface area contributed by atoms with Crippen LogP contribution >= 0.6 is 11.3 Å². The highest BCUT2D eigenvalue weighted by molar-refractivity contribution is 7.10. The number of benzene rings is 1. The summed E-state index contributed by atoms with van der Waals surface area (Å²) in [6.45, 7) is 7.14. The van der Waals surface area contributed by atoms with Crippen LogP contribution in [-0.2, 0) is 9.59 Å². The van der Waals surface area contributed by atoms with Crippen LogP contribution in [0.15, 0.2) is 41.8 Å². The number of rotatable bonds is 10. The molecule has 0 saturated heterocycles. The molecule has 0 aliphatic carbocycles. The molecule has 27 heavy (non-hydrogen) atoms. The van der Waals surface area contributed by atoms with Gasteiger partial charge in [0.2, 0.25) is 5.91 Å². The van der Waals surface area contributed by atoms with Crippen LogP contribution in [0.2, 0.25) is 0 Å². The SMILES string of the molecule is CCNC(=O)CNC(=O)C[NH2+][C@@H](c1ccc([C@@H](C)CC)cc1)c1cccs1. The monoisotopic (exact) mass is 388 g/mol. The second-order valence-corrected chi connectivity index (χ2v) is 7.62. The van der Waals surface area contributed by atoms with Gasteiger partial charge in [0.05, 0.1) is 11.4 Å². The third-order valence-electron chi connectivity index (χ3n) is 4.69. The summed E-state index contributed by atoms with van der Waals surface area (Å²) in [7, 11) is 0. The Morgan fingerprint density at radius 2 is 1.74 bits per heavy atom. The number of hydrogen-bond donors (Lipinski definition) is 3. The Morgan fingerprint density at radius 1 is 1.04 bits per heavy atom. The summed E-state index contributed by atoms with van der Waals surface area (Å²) in [5, 5.41) is 9.42. The number of thiophene rings is 1. The van der Waals surface area contributed by atoms with Gasteiger partial charge in [-0.3, -0.25) is 9.59 Å². The molecule has 0 aliphatic heterocycles. The number of amides is 2. The first-order valence-electron chi connectivity index (χ1n) is 9.55. The summed E-state index contributed by atoms with van der Waals surface area (Å²) in [5.41, 5.74) is 2.52. The van der Waals surface area contributed by atoms with Crippen molar-refractivity contribution in [3.8, 4) is 0 Å². The van der Waals surface area contributed by atoms with Crippen molar-refractivity contribution in [3.05, 3.63) is 57.8 Å². The molecule has 2 atom stereocenters. The normalized spacial score (nSPS) is 13.0. The molecule has 2 aromatic rings. The average Bonchev–Trinajstić information content (AvgIpc) is 3.21. The molecule has 6 heteroatoms. The average molecular weight is 389 g/mol. The summed E-state index contributed by atoms with van der Waals surface area (Å²) in [4.78, 5) is 24.8. The van der Waals surface area contributed by atoms with Crippen molar-refractivity contribution >= 4 is 23.2 Å². The van der Waals surface area contributed by atoms with E-state index in [2.05, 4.69) is 60.2 Å². The molecule has 0 unspecified atom stereocenters. The summed E-state index contributed by atoms with van der Waals surface area (Å²) in [6.07, 6.45) is 1.12. The van der Waals surface area contributed by atoms with Crippen molar-refractivity contribution in [1.82, 2.24) is 10.6 Å². The van der Waals surface area contributed by atoms with E-state index < -0.39 is 0 Å². The number of nitrogens with two attached hydrogens (primary N) is 1. The summed E-state index contributed by atoms with van der Waals surface area (Å²) in [6, 6.07) is 12.9. The van der Waals surface area contributed by atoms with Gasteiger partial charge < -0.3 is 16.0 Å². The Labute approximate surface area is 165 Å². The predicted molar refractivity (Wildman–Crippen MR) is 110 cm³/mol. The van der Waals surface area contributed by atoms with E-state index in [0.29, 0.717) is 12.5 Å². The molecule has 5 nitrogen and oxygen atoms in total. The number of quaternary nitrogens is 1. The zero-order valence-corrected chi connectivity index (χ0v) is 17.1. The Balaban J connectivity index is 2.01. The van der Waals surface area contributed by atoms with Crippen molar-refractivity contribution in [2.24, 2.45) is 0 Å². The van der Waals surface area contributed by atoms with Crippen LogP contribution in [0, 0.1) is 0 Å². The number of likely N-dealkylation sites (N-methyl/N-ethyl adjacent to an activating group) is 1. The van der Waals surface area contributed by atoms with E-state index in [4.69, 9.17) is 0 Å². The minimum absolute atomic E-state index is 0.0216. The summed E-state index contributed by atoms with van der Waals surface area (Å²) >= 11 is 1.69. The first kappa shape index (κ1) is 21.1. The fourth-order valence-corrected chi connectivity index (χ4v) is 3.74. The van der Waals surface area contributed by atoms with Crippen molar-refractivity contribution in [1.29, 1.82) is 0 Å². The lowest BCUT2D eigenvalue weighted by Gasteiger charge is -2.16. The van der Waals surface area contributed by atoms with Crippen LogP contribution in [0.4, 0.5) is 0 Å². The highest BCUT2D eigenvalue weighted by Gasteiger charge is 2.20. The highest BCUT2D eigenvalue weighted by Crippen LogP contribution is 2.25. The smallest absolute Gasteiger partial charge is 0.275 e. The fourth-order valence-electron chi connectivity index (χ4n) is 2.89. The maximum atomic E-state index is 12.1. The molecule has 1 aromatic carbocycles. The molecular weight excluding hydrogens is 358 g/mol. The second-order valence-electron chi connectivity index (χ2n) is 6.64. The third-order valence-corrected chi connectivity index (χ3v) is 5.64. The van der Waals surface area contributed by atoms with Gasteiger partial charge in [0.15, 0.2) is 6.54 Å². The van der Waals surface area contributed by atoms with Crippen LogP contribution in [0.5, 0.6) is 0 Å². The largest absolute Gasteiger partial charge is 0.355 e. The molecular formula is C21H30N3O2S+. The highest BCUT2D eigenvalue weighted by atomic mass is 32.1. The van der Waals surface area contributed by atoms with Gasteiger partial charge in [-0.2, -0.15) is 0 Å². The maximum absolute atomic E-state index is 12.1. The molecule has 1 aromatic heterocycles. The first-order chi connectivity index (χ1) is 13.0. The van der Waals surface area contributed by atoms with E-state index in [1.807, 2.05) is 18.3 Å². The Hall–Kier alpha value is -2.18. The minimum atomic E-state index is -0.165. The summed E-state index contributed by atoms with van der Waals surface area (Å²) < 4.78 is 0. The molecule has 0 saturated carbocycles. The van der Waals surface area contributed by atoms with Crippen molar-refractivity contribution in [2.75, 3.05) is 19.6 Å².